The van der Waals surface area contributed by atoms with Gasteiger partial charge in [0.25, 0.3) is 0 Å². The van der Waals surface area contributed by atoms with E-state index < -0.39 is 0 Å². The first kappa shape index (κ1) is 15.2. The average Bonchev–Trinajstić information content (AvgIpc) is 2.13. The number of phenols is 1. The van der Waals surface area contributed by atoms with E-state index in [2.05, 4.69) is 38.8 Å². The van der Waals surface area contributed by atoms with Crippen LogP contribution in [0.2, 0.25) is 0 Å². The fraction of sp³-hybridized carbons (Fsp3) is 0.400. The lowest BCUT2D eigenvalue weighted by molar-refractivity contribution is 0.454. The van der Waals surface area contributed by atoms with E-state index in [1.807, 2.05) is 6.07 Å². The van der Waals surface area contributed by atoms with Gasteiger partial charge in [-0.15, -0.1) is 12.4 Å². The summed E-state index contributed by atoms with van der Waals surface area (Å²) in [5, 5.41) is 9.82. The molecule has 0 fully saturated rings. The smallest absolute Gasteiger partial charge is 0.135 e. The Bertz CT molecular complexity index is 333. The summed E-state index contributed by atoms with van der Waals surface area (Å²) >= 11 is 6.66. The summed E-state index contributed by atoms with van der Waals surface area (Å²) in [4.78, 5) is 0. The van der Waals surface area contributed by atoms with E-state index in [1.54, 1.807) is 6.07 Å². The van der Waals surface area contributed by atoms with Crippen LogP contribution in [0.25, 0.3) is 0 Å². The van der Waals surface area contributed by atoms with Crippen molar-refractivity contribution < 1.29 is 5.11 Å². The number of nitrogens with two attached hydrogens (primary N) is 1. The van der Waals surface area contributed by atoms with Crippen molar-refractivity contribution >= 4 is 44.3 Å². The molecule has 5 heteroatoms. The van der Waals surface area contributed by atoms with Crippen LogP contribution in [0, 0.1) is 0 Å². The van der Waals surface area contributed by atoms with Crippen molar-refractivity contribution in [3.8, 4) is 5.75 Å². The van der Waals surface area contributed by atoms with E-state index in [4.69, 9.17) is 5.73 Å². The highest BCUT2D eigenvalue weighted by Crippen LogP contribution is 2.37. The van der Waals surface area contributed by atoms with Crippen LogP contribution < -0.4 is 5.73 Å². The van der Waals surface area contributed by atoms with Gasteiger partial charge in [0.2, 0.25) is 0 Å². The molecule has 0 aromatic heterocycles. The minimum absolute atomic E-state index is 0. The predicted molar refractivity (Wildman–Crippen MR) is 72.6 cm³/mol. The van der Waals surface area contributed by atoms with E-state index in [9.17, 15) is 5.11 Å². The molecule has 1 atom stereocenters. The van der Waals surface area contributed by atoms with E-state index in [0.29, 0.717) is 4.47 Å². The quantitative estimate of drug-likeness (QED) is 0.852. The second-order valence-corrected chi connectivity index (χ2v) is 4.90. The molecule has 0 aliphatic heterocycles. The normalized spacial score (nSPS) is 12.0. The Balaban J connectivity index is 0.00000196. The van der Waals surface area contributed by atoms with Gasteiger partial charge >= 0.3 is 0 Å². The average molecular weight is 359 g/mol. The number of halogens is 3. The Morgan fingerprint density at radius 3 is 2.40 bits per heavy atom. The third-order valence-corrected chi connectivity index (χ3v) is 3.42. The van der Waals surface area contributed by atoms with Crippen LogP contribution in [0.4, 0.5) is 0 Å². The van der Waals surface area contributed by atoms with Crippen LogP contribution in [0.3, 0.4) is 0 Å². The second-order valence-electron chi connectivity index (χ2n) is 3.19. The Hall–Kier alpha value is 0.230. The highest BCUT2D eigenvalue weighted by molar-refractivity contribution is 9.11. The fourth-order valence-corrected chi connectivity index (χ4v) is 2.32. The van der Waals surface area contributed by atoms with Gasteiger partial charge in [-0.25, -0.2) is 0 Å². The molecular weight excluding hydrogens is 345 g/mol. The van der Waals surface area contributed by atoms with E-state index >= 15 is 0 Å². The van der Waals surface area contributed by atoms with Crippen LogP contribution in [-0.2, 0) is 0 Å². The molecule has 0 heterocycles. The zero-order valence-corrected chi connectivity index (χ0v) is 12.3. The molecule has 1 rings (SSSR count). The Kier molecular flexibility index (Phi) is 6.84. The highest BCUT2D eigenvalue weighted by Gasteiger charge is 2.15. The molecule has 0 bridgehead atoms. The Labute approximate surface area is 113 Å². The molecule has 1 aromatic carbocycles. The second kappa shape index (κ2) is 6.74. The van der Waals surface area contributed by atoms with Crippen molar-refractivity contribution in [2.45, 2.75) is 25.8 Å². The molecule has 0 spiro atoms. The molecule has 3 N–H and O–H groups in total. The van der Waals surface area contributed by atoms with Crippen LogP contribution >= 0.6 is 44.3 Å². The minimum atomic E-state index is -0.119. The van der Waals surface area contributed by atoms with E-state index in [-0.39, 0.29) is 24.2 Å². The highest BCUT2D eigenvalue weighted by atomic mass is 79.9. The summed E-state index contributed by atoms with van der Waals surface area (Å²) in [6.07, 6.45) is 1.86. The maximum atomic E-state index is 9.82. The van der Waals surface area contributed by atoms with Gasteiger partial charge in [0.15, 0.2) is 0 Å². The molecule has 0 radical (unpaired) electrons. The van der Waals surface area contributed by atoms with Crippen molar-refractivity contribution in [1.82, 2.24) is 0 Å². The van der Waals surface area contributed by atoms with Gasteiger partial charge in [-0.1, -0.05) is 29.3 Å². The fourth-order valence-electron chi connectivity index (χ4n) is 1.36. The van der Waals surface area contributed by atoms with Crippen molar-refractivity contribution in [1.29, 1.82) is 0 Å². The molecule has 1 aromatic rings. The van der Waals surface area contributed by atoms with Crippen LogP contribution in [-0.4, -0.2) is 5.11 Å². The van der Waals surface area contributed by atoms with Gasteiger partial charge in [-0.2, -0.15) is 0 Å². The van der Waals surface area contributed by atoms with Gasteiger partial charge in [-0.3, -0.25) is 0 Å². The van der Waals surface area contributed by atoms with Gasteiger partial charge in [0, 0.05) is 16.1 Å². The number of phenolic OH excluding ortho intramolecular Hbond substituents is 1. The number of benzene rings is 1. The third-order valence-electron chi connectivity index (χ3n) is 2.09. The maximum Gasteiger partial charge on any atom is 0.135 e. The number of hydrogen-bond acceptors (Lipinski definition) is 2. The van der Waals surface area contributed by atoms with Crippen molar-refractivity contribution in [3.63, 3.8) is 0 Å². The molecule has 0 aliphatic rings. The maximum absolute atomic E-state index is 9.82. The van der Waals surface area contributed by atoms with Gasteiger partial charge in [-0.05, 0) is 34.5 Å². The van der Waals surface area contributed by atoms with E-state index in [0.717, 1.165) is 22.9 Å². The van der Waals surface area contributed by atoms with Crippen LogP contribution in [0.1, 0.15) is 31.4 Å². The summed E-state index contributed by atoms with van der Waals surface area (Å²) in [6.45, 7) is 2.07. The van der Waals surface area contributed by atoms with Crippen LogP contribution in [0.15, 0.2) is 21.1 Å². The molecular formula is C10H14Br2ClNO. The molecule has 0 saturated heterocycles. The summed E-state index contributed by atoms with van der Waals surface area (Å²) in [5.74, 6) is 0.236. The zero-order valence-electron chi connectivity index (χ0n) is 8.34. The molecule has 0 amide bonds. The standard InChI is InChI=1S/C10H13Br2NO.ClH/c1-2-3-8(13)9-6(11)4-5-7(12)10(9)14;/h4-5,8,14H,2-3,13H2,1H3;1H/t8-;/m0./s1. The number of rotatable bonds is 3. The van der Waals surface area contributed by atoms with Gasteiger partial charge < -0.3 is 10.8 Å². The predicted octanol–water partition coefficient (Wildman–Crippen LogP) is 4.14. The molecule has 86 valence electrons. The summed E-state index contributed by atoms with van der Waals surface area (Å²) in [7, 11) is 0. The molecule has 0 aliphatic carbocycles. The van der Waals surface area contributed by atoms with Crippen molar-refractivity contribution in [2.75, 3.05) is 0 Å². The molecule has 2 nitrogen and oxygen atoms in total. The first-order chi connectivity index (χ1) is 6.57. The number of aromatic hydroxyl groups is 1. The summed E-state index contributed by atoms with van der Waals surface area (Å²) < 4.78 is 1.54. The zero-order chi connectivity index (χ0) is 10.7. The Morgan fingerprint density at radius 1 is 1.33 bits per heavy atom. The first-order valence-corrected chi connectivity index (χ1v) is 6.09. The first-order valence-electron chi connectivity index (χ1n) is 4.50. The van der Waals surface area contributed by atoms with Crippen molar-refractivity contribution in [2.24, 2.45) is 5.73 Å². The van der Waals surface area contributed by atoms with E-state index in [1.165, 1.54) is 0 Å². The SMILES string of the molecule is CCC[C@H](N)c1c(Br)ccc(Br)c1O.Cl. The lowest BCUT2D eigenvalue weighted by Gasteiger charge is -2.15. The largest absolute Gasteiger partial charge is 0.506 e. The summed E-state index contributed by atoms with van der Waals surface area (Å²) in [5.41, 5.74) is 6.74. The van der Waals surface area contributed by atoms with Gasteiger partial charge in [0.1, 0.15) is 5.75 Å². The van der Waals surface area contributed by atoms with Crippen LogP contribution in [0.5, 0.6) is 5.75 Å². The van der Waals surface area contributed by atoms with Crippen molar-refractivity contribution in [3.05, 3.63) is 26.6 Å². The lowest BCUT2D eigenvalue weighted by Crippen LogP contribution is -2.10. The molecule has 15 heavy (non-hydrogen) atoms. The third kappa shape index (κ3) is 3.63. The lowest BCUT2D eigenvalue weighted by atomic mass is 10.0. The number of hydrogen-bond donors (Lipinski definition) is 2. The monoisotopic (exact) mass is 357 g/mol. The Morgan fingerprint density at radius 2 is 1.87 bits per heavy atom. The minimum Gasteiger partial charge on any atom is -0.506 e. The summed E-state index contributed by atoms with van der Waals surface area (Å²) in [6, 6.07) is 3.56. The molecule has 0 saturated carbocycles. The van der Waals surface area contributed by atoms with Gasteiger partial charge in [0.05, 0.1) is 4.47 Å². The molecule has 0 unspecified atom stereocenters. The topological polar surface area (TPSA) is 46.2 Å².